The molecule has 0 amide bonds. The van der Waals surface area contributed by atoms with E-state index in [4.69, 9.17) is 5.73 Å². The zero-order valence-electron chi connectivity index (χ0n) is 6.30. The second-order valence-electron chi connectivity index (χ2n) is 2.94. The molecule has 0 saturated carbocycles. The van der Waals surface area contributed by atoms with Crippen molar-refractivity contribution in [2.75, 3.05) is 18.8 Å². The average Bonchev–Trinajstić information content (AvgIpc) is 2.55. The summed E-state index contributed by atoms with van der Waals surface area (Å²) in [6, 6.07) is 1.91. The highest BCUT2D eigenvalue weighted by molar-refractivity contribution is 5.30. The van der Waals surface area contributed by atoms with E-state index in [1.807, 2.05) is 6.07 Å². The number of aromatic nitrogens is 2. The van der Waals surface area contributed by atoms with E-state index in [1.165, 1.54) is 6.42 Å². The summed E-state index contributed by atoms with van der Waals surface area (Å²) in [5.41, 5.74) is 6.64. The number of nitrogens with two attached hydrogens (primary N) is 1. The van der Waals surface area contributed by atoms with Crippen LogP contribution in [0.15, 0.2) is 6.07 Å². The van der Waals surface area contributed by atoms with Crippen molar-refractivity contribution in [2.24, 2.45) is 0 Å². The lowest BCUT2D eigenvalue weighted by Gasteiger charge is -2.02. The van der Waals surface area contributed by atoms with Crippen molar-refractivity contribution >= 4 is 5.82 Å². The standard InChI is InChI=1S/C7H12N4/c8-7-3-6(10-11-7)5-1-2-9-4-5/h3,5,9H,1-2,4H2,(H3,8,10,11). The Morgan fingerprint density at radius 3 is 3.09 bits per heavy atom. The Bertz CT molecular complexity index is 236. The number of hydrogen-bond acceptors (Lipinski definition) is 3. The van der Waals surface area contributed by atoms with Gasteiger partial charge in [-0.05, 0) is 13.0 Å². The van der Waals surface area contributed by atoms with Gasteiger partial charge in [0.2, 0.25) is 0 Å². The van der Waals surface area contributed by atoms with Gasteiger partial charge in [0.1, 0.15) is 5.82 Å². The van der Waals surface area contributed by atoms with Crippen molar-refractivity contribution in [3.05, 3.63) is 11.8 Å². The molecule has 4 N–H and O–H groups in total. The molecule has 0 aliphatic carbocycles. The van der Waals surface area contributed by atoms with Crippen molar-refractivity contribution in [2.45, 2.75) is 12.3 Å². The van der Waals surface area contributed by atoms with E-state index in [0.717, 1.165) is 18.8 Å². The summed E-state index contributed by atoms with van der Waals surface area (Å²) in [6.07, 6.45) is 1.18. The number of rotatable bonds is 1. The fourth-order valence-electron chi connectivity index (χ4n) is 1.48. The third-order valence-electron chi connectivity index (χ3n) is 2.12. The van der Waals surface area contributed by atoms with Crippen molar-refractivity contribution in [1.29, 1.82) is 0 Å². The number of nitrogen functional groups attached to an aromatic ring is 1. The van der Waals surface area contributed by atoms with E-state index in [9.17, 15) is 0 Å². The van der Waals surface area contributed by atoms with Gasteiger partial charge in [-0.15, -0.1) is 0 Å². The number of H-pyrrole nitrogens is 1. The average molecular weight is 152 g/mol. The van der Waals surface area contributed by atoms with Crippen molar-refractivity contribution in [3.8, 4) is 0 Å². The van der Waals surface area contributed by atoms with Crippen LogP contribution in [0.25, 0.3) is 0 Å². The SMILES string of the molecule is Nc1cc(C2CCNC2)[nH]n1. The number of nitrogens with one attached hydrogen (secondary N) is 2. The number of hydrogen-bond donors (Lipinski definition) is 3. The fourth-order valence-corrected chi connectivity index (χ4v) is 1.48. The first-order valence-corrected chi connectivity index (χ1v) is 3.88. The van der Waals surface area contributed by atoms with Gasteiger partial charge < -0.3 is 11.1 Å². The van der Waals surface area contributed by atoms with Crippen LogP contribution < -0.4 is 11.1 Å². The normalized spacial score (nSPS) is 24.2. The molecule has 1 aromatic heterocycles. The molecule has 1 aliphatic rings. The van der Waals surface area contributed by atoms with Crippen LogP contribution in [0.3, 0.4) is 0 Å². The molecule has 4 nitrogen and oxygen atoms in total. The van der Waals surface area contributed by atoms with Gasteiger partial charge in [0.25, 0.3) is 0 Å². The van der Waals surface area contributed by atoms with Crippen LogP contribution in [0.2, 0.25) is 0 Å². The van der Waals surface area contributed by atoms with Crippen LogP contribution in [0.1, 0.15) is 18.0 Å². The molecule has 0 aromatic carbocycles. The first-order valence-electron chi connectivity index (χ1n) is 3.88. The number of aromatic amines is 1. The van der Waals surface area contributed by atoms with E-state index in [0.29, 0.717) is 11.7 Å². The van der Waals surface area contributed by atoms with Crippen LogP contribution in [0.4, 0.5) is 5.82 Å². The molecular formula is C7H12N4. The lowest BCUT2D eigenvalue weighted by atomic mass is 10.1. The summed E-state index contributed by atoms with van der Waals surface area (Å²) in [5, 5.41) is 10.1. The molecule has 4 heteroatoms. The van der Waals surface area contributed by atoms with Crippen LogP contribution >= 0.6 is 0 Å². The van der Waals surface area contributed by atoms with Gasteiger partial charge in [0.15, 0.2) is 0 Å². The third-order valence-corrected chi connectivity index (χ3v) is 2.12. The molecule has 1 aromatic rings. The van der Waals surface area contributed by atoms with Crippen molar-refractivity contribution in [1.82, 2.24) is 15.5 Å². The predicted octanol–water partition coefficient (Wildman–Crippen LogP) is 0.0688. The van der Waals surface area contributed by atoms with Crippen LogP contribution in [-0.4, -0.2) is 23.3 Å². The van der Waals surface area contributed by atoms with Crippen molar-refractivity contribution < 1.29 is 0 Å². The summed E-state index contributed by atoms with van der Waals surface area (Å²) in [7, 11) is 0. The Labute approximate surface area is 65.2 Å². The summed E-state index contributed by atoms with van der Waals surface area (Å²) < 4.78 is 0. The van der Waals surface area contributed by atoms with Crippen LogP contribution in [0, 0.1) is 0 Å². The Balaban J connectivity index is 2.15. The fraction of sp³-hybridized carbons (Fsp3) is 0.571. The molecule has 11 heavy (non-hydrogen) atoms. The minimum atomic E-state index is 0.583. The highest BCUT2D eigenvalue weighted by Gasteiger charge is 2.17. The van der Waals surface area contributed by atoms with Crippen LogP contribution in [0.5, 0.6) is 0 Å². The van der Waals surface area contributed by atoms with Crippen molar-refractivity contribution in [3.63, 3.8) is 0 Å². The van der Waals surface area contributed by atoms with E-state index in [1.54, 1.807) is 0 Å². The first-order chi connectivity index (χ1) is 5.36. The van der Waals surface area contributed by atoms with Gasteiger partial charge in [-0.1, -0.05) is 0 Å². The topological polar surface area (TPSA) is 66.7 Å². The number of nitrogens with zero attached hydrogens (tertiary/aromatic N) is 1. The maximum absolute atomic E-state index is 5.48. The smallest absolute Gasteiger partial charge is 0.145 e. The number of anilines is 1. The van der Waals surface area contributed by atoms with Gasteiger partial charge in [0, 0.05) is 24.2 Å². The third kappa shape index (κ3) is 1.21. The molecule has 1 aliphatic heterocycles. The van der Waals surface area contributed by atoms with Gasteiger partial charge in [-0.2, -0.15) is 5.10 Å². The summed E-state index contributed by atoms with van der Waals surface area (Å²) in [4.78, 5) is 0. The predicted molar refractivity (Wildman–Crippen MR) is 43.2 cm³/mol. The quantitative estimate of drug-likeness (QED) is 0.533. The molecule has 0 bridgehead atoms. The van der Waals surface area contributed by atoms with E-state index in [2.05, 4.69) is 15.5 Å². The van der Waals surface area contributed by atoms with Gasteiger partial charge >= 0.3 is 0 Å². The molecule has 2 rings (SSSR count). The van der Waals surface area contributed by atoms with Crippen LogP contribution in [-0.2, 0) is 0 Å². The molecule has 2 heterocycles. The van der Waals surface area contributed by atoms with E-state index in [-0.39, 0.29) is 0 Å². The second-order valence-corrected chi connectivity index (χ2v) is 2.94. The summed E-state index contributed by atoms with van der Waals surface area (Å²) in [5.74, 6) is 1.17. The Morgan fingerprint density at radius 2 is 2.55 bits per heavy atom. The lowest BCUT2D eigenvalue weighted by molar-refractivity contribution is 0.729. The minimum Gasteiger partial charge on any atom is -0.382 e. The lowest BCUT2D eigenvalue weighted by Crippen LogP contribution is -2.08. The minimum absolute atomic E-state index is 0.583. The maximum atomic E-state index is 5.48. The second kappa shape index (κ2) is 2.54. The monoisotopic (exact) mass is 152 g/mol. The zero-order valence-corrected chi connectivity index (χ0v) is 6.30. The zero-order chi connectivity index (χ0) is 7.68. The molecule has 1 unspecified atom stereocenters. The maximum Gasteiger partial charge on any atom is 0.145 e. The molecule has 60 valence electrons. The largest absolute Gasteiger partial charge is 0.382 e. The Morgan fingerprint density at radius 1 is 1.64 bits per heavy atom. The highest BCUT2D eigenvalue weighted by atomic mass is 15.2. The van der Waals surface area contributed by atoms with Gasteiger partial charge in [0.05, 0.1) is 0 Å². The van der Waals surface area contributed by atoms with Gasteiger partial charge in [-0.3, -0.25) is 5.10 Å². The Hall–Kier alpha value is -1.03. The molecule has 0 spiro atoms. The highest BCUT2D eigenvalue weighted by Crippen LogP contribution is 2.20. The van der Waals surface area contributed by atoms with E-state index < -0.39 is 0 Å². The van der Waals surface area contributed by atoms with Gasteiger partial charge in [-0.25, -0.2) is 0 Å². The molecular weight excluding hydrogens is 140 g/mol. The molecule has 0 radical (unpaired) electrons. The summed E-state index contributed by atoms with van der Waals surface area (Å²) >= 11 is 0. The van der Waals surface area contributed by atoms with E-state index >= 15 is 0 Å². The summed E-state index contributed by atoms with van der Waals surface area (Å²) in [6.45, 7) is 2.14. The first kappa shape index (κ1) is 6.67. The molecule has 1 atom stereocenters. The Kier molecular flexibility index (Phi) is 1.54. The molecule has 1 saturated heterocycles. The molecule has 1 fully saturated rings.